The molecule has 0 saturated heterocycles. The van der Waals surface area contributed by atoms with Gasteiger partial charge in [-0.1, -0.05) is 48.8 Å². The summed E-state index contributed by atoms with van der Waals surface area (Å²) in [5, 5.41) is 3.97. The molecule has 4 heteroatoms. The van der Waals surface area contributed by atoms with E-state index in [9.17, 15) is 0 Å². The molecule has 0 radical (unpaired) electrons. The Morgan fingerprint density at radius 1 is 1.22 bits per heavy atom. The molecule has 2 rings (SSSR count). The zero-order valence-corrected chi connectivity index (χ0v) is 11.1. The Kier molecular flexibility index (Phi) is 3.77. The normalized spacial score (nSPS) is 12.9. The molecule has 1 atom stereocenters. The van der Waals surface area contributed by atoms with Gasteiger partial charge in [-0.25, -0.2) is 0 Å². The number of aryl methyl sites for hydroxylation is 1. The average Bonchev–Trinajstić information content (AvgIpc) is 2.79. The van der Waals surface area contributed by atoms with Gasteiger partial charge in [0.15, 0.2) is 5.82 Å². The van der Waals surface area contributed by atoms with Crippen molar-refractivity contribution in [3.63, 3.8) is 0 Å². The molecule has 0 bridgehead atoms. The van der Waals surface area contributed by atoms with Crippen molar-refractivity contribution in [2.45, 2.75) is 33.2 Å². The third-order valence-corrected chi connectivity index (χ3v) is 2.97. The fourth-order valence-electron chi connectivity index (χ4n) is 1.65. The van der Waals surface area contributed by atoms with Crippen LogP contribution in [-0.2, 0) is 6.42 Å². The summed E-state index contributed by atoms with van der Waals surface area (Å²) in [6.45, 7) is 6.14. The highest BCUT2D eigenvalue weighted by atomic mass is 16.5. The fourth-order valence-corrected chi connectivity index (χ4v) is 1.65. The summed E-state index contributed by atoms with van der Waals surface area (Å²) >= 11 is 0. The van der Waals surface area contributed by atoms with Crippen LogP contribution in [0.1, 0.15) is 42.7 Å². The second-order valence-electron chi connectivity index (χ2n) is 4.98. The van der Waals surface area contributed by atoms with Crippen LogP contribution in [0.3, 0.4) is 0 Å². The van der Waals surface area contributed by atoms with Crippen molar-refractivity contribution in [1.82, 2.24) is 10.1 Å². The van der Waals surface area contributed by atoms with Gasteiger partial charge in [0, 0.05) is 6.42 Å². The van der Waals surface area contributed by atoms with Gasteiger partial charge in [0.25, 0.3) is 0 Å². The Hall–Kier alpha value is -1.68. The molecular formula is C14H19N3O. The quantitative estimate of drug-likeness (QED) is 0.899. The largest absolute Gasteiger partial charge is 0.338 e. The maximum Gasteiger partial charge on any atom is 0.243 e. The van der Waals surface area contributed by atoms with Gasteiger partial charge in [0.2, 0.25) is 5.89 Å². The molecular weight excluding hydrogens is 226 g/mol. The molecule has 0 aliphatic rings. The summed E-state index contributed by atoms with van der Waals surface area (Å²) in [4.78, 5) is 4.35. The lowest BCUT2D eigenvalue weighted by atomic mass is 10.1. The second kappa shape index (κ2) is 5.31. The maximum absolute atomic E-state index is 5.97. The van der Waals surface area contributed by atoms with Crippen LogP contribution in [-0.4, -0.2) is 10.1 Å². The van der Waals surface area contributed by atoms with Crippen molar-refractivity contribution in [3.8, 4) is 0 Å². The zero-order chi connectivity index (χ0) is 13.1. The van der Waals surface area contributed by atoms with Crippen LogP contribution < -0.4 is 5.73 Å². The van der Waals surface area contributed by atoms with Crippen molar-refractivity contribution in [2.24, 2.45) is 11.7 Å². The minimum atomic E-state index is -0.190. The van der Waals surface area contributed by atoms with Gasteiger partial charge in [-0.3, -0.25) is 0 Å². The number of rotatable bonds is 4. The molecule has 1 heterocycles. The van der Waals surface area contributed by atoms with Crippen LogP contribution in [0.5, 0.6) is 0 Å². The van der Waals surface area contributed by atoms with E-state index in [1.165, 1.54) is 11.1 Å². The molecule has 2 N–H and O–H groups in total. The lowest BCUT2D eigenvalue weighted by molar-refractivity contribution is 0.322. The van der Waals surface area contributed by atoms with E-state index >= 15 is 0 Å². The Labute approximate surface area is 107 Å². The number of benzene rings is 1. The molecule has 4 nitrogen and oxygen atoms in total. The minimum Gasteiger partial charge on any atom is -0.338 e. The van der Waals surface area contributed by atoms with Gasteiger partial charge in [0.1, 0.15) is 0 Å². The average molecular weight is 245 g/mol. The van der Waals surface area contributed by atoms with Crippen molar-refractivity contribution < 1.29 is 4.52 Å². The first-order chi connectivity index (χ1) is 8.56. The van der Waals surface area contributed by atoms with Crippen LogP contribution in [0, 0.1) is 12.8 Å². The highest BCUT2D eigenvalue weighted by Crippen LogP contribution is 2.17. The molecule has 2 aromatic rings. The number of nitrogens with zero attached hydrogens (tertiary/aromatic N) is 2. The minimum absolute atomic E-state index is 0.190. The summed E-state index contributed by atoms with van der Waals surface area (Å²) < 4.78 is 5.20. The number of hydrogen-bond donors (Lipinski definition) is 1. The van der Waals surface area contributed by atoms with Crippen LogP contribution in [0.2, 0.25) is 0 Å². The fraction of sp³-hybridized carbons (Fsp3) is 0.429. The van der Waals surface area contributed by atoms with Gasteiger partial charge < -0.3 is 10.3 Å². The topological polar surface area (TPSA) is 64.9 Å². The molecule has 0 saturated carbocycles. The van der Waals surface area contributed by atoms with E-state index in [0.717, 1.165) is 0 Å². The summed E-state index contributed by atoms with van der Waals surface area (Å²) in [7, 11) is 0. The molecule has 0 aliphatic heterocycles. The summed E-state index contributed by atoms with van der Waals surface area (Å²) in [5.41, 5.74) is 8.39. The van der Waals surface area contributed by atoms with Crippen LogP contribution in [0.15, 0.2) is 28.8 Å². The van der Waals surface area contributed by atoms with E-state index in [2.05, 4.69) is 41.3 Å². The molecule has 96 valence electrons. The predicted octanol–water partition coefficient (Wildman–Crippen LogP) is 2.62. The van der Waals surface area contributed by atoms with Crippen molar-refractivity contribution >= 4 is 0 Å². The number of hydrogen-bond acceptors (Lipinski definition) is 4. The molecule has 0 fully saturated rings. The Balaban J connectivity index is 2.09. The van der Waals surface area contributed by atoms with Crippen molar-refractivity contribution in [1.29, 1.82) is 0 Å². The third-order valence-electron chi connectivity index (χ3n) is 2.97. The predicted molar refractivity (Wildman–Crippen MR) is 70.0 cm³/mol. The molecule has 0 spiro atoms. The SMILES string of the molecule is Cc1ccc(Cc2noc(C(N)C(C)C)n2)cc1. The van der Waals surface area contributed by atoms with Gasteiger partial charge in [-0.15, -0.1) is 0 Å². The van der Waals surface area contributed by atoms with Gasteiger partial charge in [-0.05, 0) is 18.4 Å². The van der Waals surface area contributed by atoms with Crippen LogP contribution >= 0.6 is 0 Å². The third kappa shape index (κ3) is 2.96. The molecule has 0 amide bonds. The van der Waals surface area contributed by atoms with Crippen molar-refractivity contribution in [3.05, 3.63) is 47.1 Å². The molecule has 1 unspecified atom stereocenters. The summed E-state index contributed by atoms with van der Waals surface area (Å²) in [6, 6.07) is 8.12. The van der Waals surface area contributed by atoms with Gasteiger partial charge in [0.05, 0.1) is 6.04 Å². The first-order valence-electron chi connectivity index (χ1n) is 6.20. The Bertz CT molecular complexity index is 502. The lowest BCUT2D eigenvalue weighted by Crippen LogP contribution is -2.17. The van der Waals surface area contributed by atoms with E-state index in [-0.39, 0.29) is 12.0 Å². The maximum atomic E-state index is 5.97. The Morgan fingerprint density at radius 3 is 2.50 bits per heavy atom. The van der Waals surface area contributed by atoms with E-state index in [1.807, 2.05) is 13.8 Å². The first-order valence-corrected chi connectivity index (χ1v) is 6.20. The highest BCUT2D eigenvalue weighted by Gasteiger charge is 2.17. The van der Waals surface area contributed by atoms with Crippen molar-refractivity contribution in [2.75, 3.05) is 0 Å². The van der Waals surface area contributed by atoms with E-state index in [4.69, 9.17) is 10.3 Å². The first kappa shape index (κ1) is 12.8. The summed E-state index contributed by atoms with van der Waals surface area (Å²) in [5.74, 6) is 1.50. The van der Waals surface area contributed by atoms with Crippen LogP contribution in [0.25, 0.3) is 0 Å². The highest BCUT2D eigenvalue weighted by molar-refractivity contribution is 5.23. The van der Waals surface area contributed by atoms with E-state index in [0.29, 0.717) is 18.1 Å². The smallest absolute Gasteiger partial charge is 0.243 e. The monoisotopic (exact) mass is 245 g/mol. The molecule has 1 aromatic heterocycles. The van der Waals surface area contributed by atoms with Gasteiger partial charge in [-0.2, -0.15) is 4.98 Å². The lowest BCUT2D eigenvalue weighted by Gasteiger charge is -2.09. The number of aromatic nitrogens is 2. The molecule has 0 aliphatic carbocycles. The summed E-state index contributed by atoms with van der Waals surface area (Å²) in [6.07, 6.45) is 0.675. The molecule has 18 heavy (non-hydrogen) atoms. The van der Waals surface area contributed by atoms with E-state index < -0.39 is 0 Å². The zero-order valence-electron chi connectivity index (χ0n) is 11.1. The van der Waals surface area contributed by atoms with Gasteiger partial charge >= 0.3 is 0 Å². The number of nitrogens with two attached hydrogens (primary N) is 1. The Morgan fingerprint density at radius 2 is 1.89 bits per heavy atom. The molecule has 1 aromatic carbocycles. The van der Waals surface area contributed by atoms with E-state index in [1.54, 1.807) is 0 Å². The second-order valence-corrected chi connectivity index (χ2v) is 4.98. The van der Waals surface area contributed by atoms with Crippen LogP contribution in [0.4, 0.5) is 0 Å². The standard InChI is InChI=1S/C14H19N3O/c1-9(2)13(15)14-16-12(17-18-14)8-11-6-4-10(3)5-7-11/h4-7,9,13H,8,15H2,1-3H3.